The average Bonchev–Trinajstić information content (AvgIpc) is 2.90. The Bertz CT molecular complexity index is 655. The van der Waals surface area contributed by atoms with Gasteiger partial charge in [0, 0.05) is 5.39 Å². The number of carboxylic acids is 1. The number of rotatable bonds is 6. The molecule has 2 rings (SSSR count). The molecule has 2 N–H and O–H groups in total. The van der Waals surface area contributed by atoms with Gasteiger partial charge in [-0.05, 0) is 18.9 Å². The van der Waals surface area contributed by atoms with Gasteiger partial charge in [-0.3, -0.25) is 9.59 Å². The molecule has 1 amide bonds. The summed E-state index contributed by atoms with van der Waals surface area (Å²) in [5.74, 6) is -1.22. The molecule has 112 valence electrons. The molecule has 21 heavy (non-hydrogen) atoms. The van der Waals surface area contributed by atoms with E-state index in [1.54, 1.807) is 6.07 Å². The molecule has 0 atom stereocenters. The van der Waals surface area contributed by atoms with E-state index in [1.807, 2.05) is 32.0 Å². The minimum Gasteiger partial charge on any atom is -0.481 e. The second-order valence-corrected chi connectivity index (χ2v) is 5.16. The normalized spacial score (nSPS) is 11.5. The van der Waals surface area contributed by atoms with Crippen molar-refractivity contribution in [2.24, 2.45) is 0 Å². The number of hydrogen-bond acceptors (Lipinski definition) is 3. The van der Waals surface area contributed by atoms with E-state index in [2.05, 4.69) is 5.32 Å². The SMILES string of the molecule is CCC(CC)(CC(=O)O)NC(=O)c1coc2ccccc12. The van der Waals surface area contributed by atoms with Crippen LogP contribution >= 0.6 is 0 Å². The number of carboxylic acid groups (broad SMARTS) is 1. The van der Waals surface area contributed by atoms with Gasteiger partial charge in [0.2, 0.25) is 0 Å². The maximum atomic E-state index is 12.5. The second kappa shape index (κ2) is 5.99. The van der Waals surface area contributed by atoms with E-state index in [1.165, 1.54) is 6.26 Å². The highest BCUT2D eigenvalue weighted by atomic mass is 16.4. The van der Waals surface area contributed by atoms with Crippen LogP contribution < -0.4 is 5.32 Å². The Morgan fingerprint density at radius 3 is 2.52 bits per heavy atom. The summed E-state index contributed by atoms with van der Waals surface area (Å²) >= 11 is 0. The van der Waals surface area contributed by atoms with Gasteiger partial charge in [0.25, 0.3) is 5.91 Å². The molecule has 0 aliphatic heterocycles. The molecule has 0 saturated heterocycles. The van der Waals surface area contributed by atoms with Crippen molar-refractivity contribution in [1.29, 1.82) is 0 Å². The van der Waals surface area contributed by atoms with Crippen LogP contribution in [0.3, 0.4) is 0 Å². The molecule has 5 heteroatoms. The first kappa shape index (κ1) is 15.1. The summed E-state index contributed by atoms with van der Waals surface area (Å²) in [6.07, 6.45) is 2.42. The highest BCUT2D eigenvalue weighted by Crippen LogP contribution is 2.24. The molecule has 1 aromatic heterocycles. The van der Waals surface area contributed by atoms with Crippen LogP contribution in [0.25, 0.3) is 11.0 Å². The third kappa shape index (κ3) is 3.07. The average molecular weight is 289 g/mol. The van der Waals surface area contributed by atoms with Crippen LogP contribution in [0.5, 0.6) is 0 Å². The van der Waals surface area contributed by atoms with Crippen LogP contribution in [0.1, 0.15) is 43.5 Å². The molecule has 0 fully saturated rings. The second-order valence-electron chi connectivity index (χ2n) is 5.16. The number of amides is 1. The number of aliphatic carboxylic acids is 1. The number of carbonyl (C=O) groups is 2. The van der Waals surface area contributed by atoms with Crippen LogP contribution in [-0.4, -0.2) is 22.5 Å². The number of furan rings is 1. The zero-order chi connectivity index (χ0) is 15.5. The molecular weight excluding hydrogens is 270 g/mol. The Morgan fingerprint density at radius 1 is 1.24 bits per heavy atom. The number of nitrogens with one attached hydrogen (secondary N) is 1. The predicted molar refractivity (Wildman–Crippen MR) is 79.2 cm³/mol. The zero-order valence-electron chi connectivity index (χ0n) is 12.2. The minimum absolute atomic E-state index is 0.0957. The molecule has 5 nitrogen and oxygen atoms in total. The van der Waals surface area contributed by atoms with Crippen LogP contribution in [-0.2, 0) is 4.79 Å². The van der Waals surface area contributed by atoms with Crippen molar-refractivity contribution >= 4 is 22.8 Å². The van der Waals surface area contributed by atoms with Gasteiger partial charge in [0.1, 0.15) is 11.8 Å². The van der Waals surface area contributed by atoms with Crippen molar-refractivity contribution in [1.82, 2.24) is 5.32 Å². The highest BCUT2D eigenvalue weighted by Gasteiger charge is 2.32. The fraction of sp³-hybridized carbons (Fsp3) is 0.375. The third-order valence-corrected chi connectivity index (χ3v) is 3.95. The van der Waals surface area contributed by atoms with E-state index in [0.717, 1.165) is 5.39 Å². The predicted octanol–water partition coefficient (Wildman–Crippen LogP) is 3.20. The van der Waals surface area contributed by atoms with Crippen LogP contribution in [0, 0.1) is 0 Å². The van der Waals surface area contributed by atoms with Gasteiger partial charge < -0.3 is 14.8 Å². The van der Waals surface area contributed by atoms with E-state index in [9.17, 15) is 9.59 Å². The molecule has 0 unspecified atom stereocenters. The Labute approximate surface area is 122 Å². The highest BCUT2D eigenvalue weighted by molar-refractivity contribution is 6.06. The maximum absolute atomic E-state index is 12.5. The lowest BCUT2D eigenvalue weighted by molar-refractivity contribution is -0.138. The van der Waals surface area contributed by atoms with Gasteiger partial charge in [0.05, 0.1) is 17.5 Å². The van der Waals surface area contributed by atoms with E-state index in [4.69, 9.17) is 9.52 Å². The zero-order valence-corrected chi connectivity index (χ0v) is 12.2. The van der Waals surface area contributed by atoms with Gasteiger partial charge in [0.15, 0.2) is 0 Å². The molecule has 0 saturated carbocycles. The van der Waals surface area contributed by atoms with Crippen LogP contribution in [0.2, 0.25) is 0 Å². The van der Waals surface area contributed by atoms with E-state index in [-0.39, 0.29) is 12.3 Å². The van der Waals surface area contributed by atoms with Crippen molar-refractivity contribution < 1.29 is 19.1 Å². The molecule has 0 radical (unpaired) electrons. The first-order valence-electron chi connectivity index (χ1n) is 7.02. The number of benzene rings is 1. The Morgan fingerprint density at radius 2 is 1.90 bits per heavy atom. The third-order valence-electron chi connectivity index (χ3n) is 3.95. The van der Waals surface area contributed by atoms with E-state index in [0.29, 0.717) is 24.0 Å². The molecular formula is C16H19NO4. The molecule has 0 aliphatic carbocycles. The molecule has 0 bridgehead atoms. The first-order chi connectivity index (χ1) is 10.0. The van der Waals surface area contributed by atoms with Crippen molar-refractivity contribution in [3.63, 3.8) is 0 Å². The summed E-state index contributed by atoms with van der Waals surface area (Å²) in [5.41, 5.74) is 0.336. The smallest absolute Gasteiger partial charge is 0.305 e. The topological polar surface area (TPSA) is 79.5 Å². The molecule has 1 aromatic carbocycles. The summed E-state index contributed by atoms with van der Waals surface area (Å²) in [6, 6.07) is 7.26. The van der Waals surface area contributed by atoms with Gasteiger partial charge >= 0.3 is 5.97 Å². The van der Waals surface area contributed by atoms with E-state index >= 15 is 0 Å². The van der Waals surface area contributed by atoms with Crippen molar-refractivity contribution in [2.45, 2.75) is 38.6 Å². The van der Waals surface area contributed by atoms with E-state index < -0.39 is 11.5 Å². The molecule has 0 spiro atoms. The fourth-order valence-corrected chi connectivity index (χ4v) is 2.47. The Hall–Kier alpha value is -2.30. The summed E-state index contributed by atoms with van der Waals surface area (Å²) < 4.78 is 5.36. The standard InChI is InChI=1S/C16H19NO4/c1-3-16(4-2,9-14(18)19)17-15(20)12-10-21-13-8-6-5-7-11(12)13/h5-8,10H,3-4,9H2,1-2H3,(H,17,20)(H,18,19). The lowest BCUT2D eigenvalue weighted by Crippen LogP contribution is -2.49. The summed E-state index contributed by atoms with van der Waals surface area (Å²) in [4.78, 5) is 23.5. The largest absolute Gasteiger partial charge is 0.481 e. The summed E-state index contributed by atoms with van der Waals surface area (Å²) in [6.45, 7) is 3.75. The molecule has 0 aliphatic rings. The number of hydrogen-bond donors (Lipinski definition) is 2. The minimum atomic E-state index is -0.920. The molecule has 1 heterocycles. The van der Waals surface area contributed by atoms with Gasteiger partial charge in [-0.25, -0.2) is 0 Å². The fourth-order valence-electron chi connectivity index (χ4n) is 2.47. The molecule has 2 aromatic rings. The van der Waals surface area contributed by atoms with Crippen molar-refractivity contribution in [3.05, 3.63) is 36.1 Å². The van der Waals surface area contributed by atoms with Gasteiger partial charge in [-0.15, -0.1) is 0 Å². The van der Waals surface area contributed by atoms with Crippen molar-refractivity contribution in [2.75, 3.05) is 0 Å². The summed E-state index contributed by atoms with van der Waals surface area (Å²) in [5, 5.41) is 12.7. The monoisotopic (exact) mass is 289 g/mol. The van der Waals surface area contributed by atoms with Gasteiger partial charge in [-0.2, -0.15) is 0 Å². The lowest BCUT2D eigenvalue weighted by Gasteiger charge is -2.31. The first-order valence-corrected chi connectivity index (χ1v) is 7.02. The maximum Gasteiger partial charge on any atom is 0.305 e. The van der Waals surface area contributed by atoms with Crippen LogP contribution in [0.15, 0.2) is 34.9 Å². The number of para-hydroxylation sites is 1. The van der Waals surface area contributed by atoms with Crippen molar-refractivity contribution in [3.8, 4) is 0 Å². The quantitative estimate of drug-likeness (QED) is 0.855. The Kier molecular flexibility index (Phi) is 4.31. The van der Waals surface area contributed by atoms with Crippen LogP contribution in [0.4, 0.5) is 0 Å². The summed E-state index contributed by atoms with van der Waals surface area (Å²) in [7, 11) is 0. The number of carbonyl (C=O) groups excluding carboxylic acids is 1. The Balaban J connectivity index is 2.28. The number of fused-ring (bicyclic) bond motifs is 1. The van der Waals surface area contributed by atoms with Gasteiger partial charge in [-0.1, -0.05) is 32.0 Å². The lowest BCUT2D eigenvalue weighted by atomic mass is 9.88.